The van der Waals surface area contributed by atoms with Gasteiger partial charge < -0.3 is 5.32 Å². The molecule has 98 valence electrons. The van der Waals surface area contributed by atoms with Crippen molar-refractivity contribution in [2.45, 2.75) is 51.0 Å². The van der Waals surface area contributed by atoms with E-state index in [1.54, 1.807) is 6.07 Å². The van der Waals surface area contributed by atoms with Crippen molar-refractivity contribution in [2.75, 3.05) is 13.1 Å². The Labute approximate surface area is 107 Å². The predicted octanol–water partition coefficient (Wildman–Crippen LogP) is 1.61. The van der Waals surface area contributed by atoms with Crippen LogP contribution in [-0.2, 0) is 6.54 Å². The molecule has 1 aromatic rings. The minimum atomic E-state index is 0.153. The Morgan fingerprint density at radius 3 is 2.89 bits per heavy atom. The molecular formula is C14H21N3O. The Kier molecular flexibility index (Phi) is 3.20. The molecule has 1 saturated heterocycles. The smallest absolute Gasteiger partial charge is 0.253 e. The SMILES string of the molecule is CC1CCCn2c1nc(C1CCNCC1)cc2=O. The van der Waals surface area contributed by atoms with Crippen LogP contribution in [0.1, 0.15) is 56.0 Å². The van der Waals surface area contributed by atoms with Crippen LogP contribution in [0.2, 0.25) is 0 Å². The molecule has 0 spiro atoms. The molecule has 3 rings (SSSR count). The summed E-state index contributed by atoms with van der Waals surface area (Å²) in [6.07, 6.45) is 4.46. The lowest BCUT2D eigenvalue weighted by Gasteiger charge is -2.26. The highest BCUT2D eigenvalue weighted by molar-refractivity contribution is 5.14. The van der Waals surface area contributed by atoms with Gasteiger partial charge in [-0.05, 0) is 38.8 Å². The van der Waals surface area contributed by atoms with Gasteiger partial charge in [-0.3, -0.25) is 9.36 Å². The lowest BCUT2D eigenvalue weighted by atomic mass is 9.93. The predicted molar refractivity (Wildman–Crippen MR) is 71.0 cm³/mol. The Balaban J connectivity index is 1.99. The number of nitrogens with one attached hydrogen (secondary N) is 1. The van der Waals surface area contributed by atoms with E-state index >= 15 is 0 Å². The largest absolute Gasteiger partial charge is 0.317 e. The first-order valence-corrected chi connectivity index (χ1v) is 7.08. The molecule has 1 atom stereocenters. The number of piperidine rings is 1. The number of rotatable bonds is 1. The first kappa shape index (κ1) is 11.9. The van der Waals surface area contributed by atoms with Crippen LogP contribution in [0, 0.1) is 0 Å². The van der Waals surface area contributed by atoms with Gasteiger partial charge in [-0.2, -0.15) is 0 Å². The first-order chi connectivity index (χ1) is 8.75. The standard InChI is InChI=1S/C14H21N3O/c1-10-3-2-8-17-13(18)9-12(16-14(10)17)11-4-6-15-7-5-11/h9-11,15H,2-8H2,1H3. The van der Waals surface area contributed by atoms with Gasteiger partial charge in [0.25, 0.3) is 5.56 Å². The van der Waals surface area contributed by atoms with Crippen molar-refractivity contribution in [3.8, 4) is 0 Å². The summed E-state index contributed by atoms with van der Waals surface area (Å²) in [5.74, 6) is 1.91. The Morgan fingerprint density at radius 1 is 1.33 bits per heavy atom. The minimum Gasteiger partial charge on any atom is -0.317 e. The van der Waals surface area contributed by atoms with E-state index in [1.165, 1.54) is 0 Å². The average Bonchev–Trinajstić information content (AvgIpc) is 2.41. The third-order valence-corrected chi connectivity index (χ3v) is 4.27. The summed E-state index contributed by atoms with van der Waals surface area (Å²) in [5, 5.41) is 3.36. The lowest BCUT2D eigenvalue weighted by Crippen LogP contribution is -2.32. The number of fused-ring (bicyclic) bond motifs is 1. The molecule has 2 aliphatic rings. The zero-order chi connectivity index (χ0) is 12.5. The van der Waals surface area contributed by atoms with Gasteiger partial charge in [0, 0.05) is 24.4 Å². The maximum Gasteiger partial charge on any atom is 0.253 e. The molecular weight excluding hydrogens is 226 g/mol. The van der Waals surface area contributed by atoms with Gasteiger partial charge >= 0.3 is 0 Å². The molecule has 0 saturated carbocycles. The average molecular weight is 247 g/mol. The summed E-state index contributed by atoms with van der Waals surface area (Å²) < 4.78 is 1.87. The highest BCUT2D eigenvalue weighted by Gasteiger charge is 2.23. The van der Waals surface area contributed by atoms with Gasteiger partial charge in [0.2, 0.25) is 0 Å². The van der Waals surface area contributed by atoms with Crippen LogP contribution >= 0.6 is 0 Å². The maximum atomic E-state index is 12.2. The van der Waals surface area contributed by atoms with Crippen LogP contribution in [0.4, 0.5) is 0 Å². The highest BCUT2D eigenvalue weighted by Crippen LogP contribution is 2.27. The summed E-state index contributed by atoms with van der Waals surface area (Å²) in [7, 11) is 0. The molecule has 4 heteroatoms. The molecule has 4 nitrogen and oxygen atoms in total. The van der Waals surface area contributed by atoms with E-state index in [2.05, 4.69) is 12.2 Å². The van der Waals surface area contributed by atoms with E-state index in [9.17, 15) is 4.79 Å². The quantitative estimate of drug-likeness (QED) is 0.820. The maximum absolute atomic E-state index is 12.2. The fraction of sp³-hybridized carbons (Fsp3) is 0.714. The van der Waals surface area contributed by atoms with E-state index < -0.39 is 0 Å². The Hall–Kier alpha value is -1.16. The normalized spacial score (nSPS) is 24.8. The van der Waals surface area contributed by atoms with Crippen LogP contribution in [0.3, 0.4) is 0 Å². The van der Waals surface area contributed by atoms with Crippen molar-refractivity contribution in [1.82, 2.24) is 14.9 Å². The van der Waals surface area contributed by atoms with Gasteiger partial charge in [-0.25, -0.2) is 4.98 Å². The van der Waals surface area contributed by atoms with E-state index in [-0.39, 0.29) is 5.56 Å². The first-order valence-electron chi connectivity index (χ1n) is 7.08. The number of nitrogens with zero attached hydrogens (tertiary/aromatic N) is 2. The molecule has 1 unspecified atom stereocenters. The zero-order valence-corrected chi connectivity index (χ0v) is 11.0. The molecule has 0 aliphatic carbocycles. The minimum absolute atomic E-state index is 0.153. The molecule has 3 heterocycles. The third-order valence-electron chi connectivity index (χ3n) is 4.27. The molecule has 1 N–H and O–H groups in total. The van der Waals surface area contributed by atoms with Crippen molar-refractivity contribution in [3.05, 3.63) is 27.9 Å². The topological polar surface area (TPSA) is 46.9 Å². The van der Waals surface area contributed by atoms with Gasteiger partial charge in [0.1, 0.15) is 5.82 Å². The van der Waals surface area contributed by atoms with Gasteiger partial charge in [-0.1, -0.05) is 6.92 Å². The molecule has 0 bridgehead atoms. The summed E-state index contributed by atoms with van der Waals surface area (Å²) >= 11 is 0. The second-order valence-corrected chi connectivity index (χ2v) is 5.60. The van der Waals surface area contributed by atoms with E-state index in [4.69, 9.17) is 4.98 Å². The fourth-order valence-corrected chi connectivity index (χ4v) is 3.15. The third kappa shape index (κ3) is 2.09. The van der Waals surface area contributed by atoms with Crippen LogP contribution in [-0.4, -0.2) is 22.6 Å². The van der Waals surface area contributed by atoms with Gasteiger partial charge in [-0.15, -0.1) is 0 Å². The summed E-state index contributed by atoms with van der Waals surface area (Å²) in [5.41, 5.74) is 1.18. The summed E-state index contributed by atoms with van der Waals surface area (Å²) in [6.45, 7) is 5.11. The van der Waals surface area contributed by atoms with Crippen LogP contribution in [0.5, 0.6) is 0 Å². The number of aromatic nitrogens is 2. The fourth-order valence-electron chi connectivity index (χ4n) is 3.15. The number of hydrogen-bond acceptors (Lipinski definition) is 3. The number of hydrogen-bond donors (Lipinski definition) is 1. The molecule has 0 radical (unpaired) electrons. The van der Waals surface area contributed by atoms with Crippen molar-refractivity contribution in [2.24, 2.45) is 0 Å². The van der Waals surface area contributed by atoms with Crippen LogP contribution in [0.25, 0.3) is 0 Å². The van der Waals surface area contributed by atoms with Crippen LogP contribution < -0.4 is 10.9 Å². The zero-order valence-electron chi connectivity index (χ0n) is 11.0. The van der Waals surface area contributed by atoms with Crippen molar-refractivity contribution in [3.63, 3.8) is 0 Å². The Morgan fingerprint density at radius 2 is 2.11 bits per heavy atom. The van der Waals surface area contributed by atoms with E-state index in [0.717, 1.165) is 56.8 Å². The molecule has 1 aromatic heterocycles. The lowest BCUT2D eigenvalue weighted by molar-refractivity contribution is 0.419. The second kappa shape index (κ2) is 4.84. The van der Waals surface area contributed by atoms with E-state index in [0.29, 0.717) is 11.8 Å². The summed E-state index contributed by atoms with van der Waals surface area (Å²) in [6, 6.07) is 1.78. The van der Waals surface area contributed by atoms with Gasteiger partial charge in [0.05, 0.1) is 5.69 Å². The monoisotopic (exact) mass is 247 g/mol. The van der Waals surface area contributed by atoms with Crippen molar-refractivity contribution >= 4 is 0 Å². The second-order valence-electron chi connectivity index (χ2n) is 5.60. The highest BCUT2D eigenvalue weighted by atomic mass is 16.1. The molecule has 2 aliphatic heterocycles. The summed E-state index contributed by atoms with van der Waals surface area (Å²) in [4.78, 5) is 17.0. The van der Waals surface area contributed by atoms with E-state index in [1.807, 2.05) is 4.57 Å². The van der Waals surface area contributed by atoms with Crippen molar-refractivity contribution in [1.29, 1.82) is 0 Å². The van der Waals surface area contributed by atoms with Crippen LogP contribution in [0.15, 0.2) is 10.9 Å². The van der Waals surface area contributed by atoms with Crippen molar-refractivity contribution < 1.29 is 0 Å². The molecule has 18 heavy (non-hydrogen) atoms. The van der Waals surface area contributed by atoms with Gasteiger partial charge in [0.15, 0.2) is 0 Å². The Bertz CT molecular complexity index is 488. The molecule has 0 amide bonds. The molecule has 1 fully saturated rings. The molecule has 0 aromatic carbocycles.